The second kappa shape index (κ2) is 4.17. The fourth-order valence-corrected chi connectivity index (χ4v) is 2.08. The summed E-state index contributed by atoms with van der Waals surface area (Å²) in [6, 6.07) is 8.66. The van der Waals surface area contributed by atoms with Gasteiger partial charge in [-0.1, -0.05) is 26.0 Å². The third-order valence-electron chi connectivity index (χ3n) is 3.28. The van der Waals surface area contributed by atoms with Gasteiger partial charge in [-0.05, 0) is 29.5 Å². The molecule has 2 heteroatoms. The number of nitriles is 1. The predicted octanol–water partition coefficient (Wildman–Crippen LogP) is 3.45. The summed E-state index contributed by atoms with van der Waals surface area (Å²) in [6.07, 6.45) is 0.981. The Balaban J connectivity index is 2.34. The first-order valence-electron chi connectivity index (χ1n) is 5.74. The van der Waals surface area contributed by atoms with Crippen LogP contribution in [0.25, 0.3) is 0 Å². The summed E-state index contributed by atoms with van der Waals surface area (Å²) in [7, 11) is 1.69. The Morgan fingerprint density at radius 1 is 1.44 bits per heavy atom. The van der Waals surface area contributed by atoms with E-state index in [9.17, 15) is 0 Å². The third kappa shape index (κ3) is 1.90. The van der Waals surface area contributed by atoms with Crippen molar-refractivity contribution in [2.75, 3.05) is 7.11 Å². The molecule has 2 unspecified atom stereocenters. The van der Waals surface area contributed by atoms with Crippen LogP contribution < -0.4 is 4.74 Å². The summed E-state index contributed by atoms with van der Waals surface area (Å²) >= 11 is 0. The lowest BCUT2D eigenvalue weighted by molar-refractivity contribution is 0.409. The van der Waals surface area contributed by atoms with E-state index in [0.717, 1.165) is 12.2 Å². The Bertz CT molecular complexity index is 431. The number of hydrogen-bond acceptors (Lipinski definition) is 2. The van der Waals surface area contributed by atoms with Crippen molar-refractivity contribution >= 4 is 0 Å². The highest BCUT2D eigenvalue weighted by atomic mass is 16.5. The number of benzene rings is 1. The topological polar surface area (TPSA) is 33.0 Å². The van der Waals surface area contributed by atoms with Gasteiger partial charge in [-0.2, -0.15) is 5.26 Å². The fraction of sp³-hybridized carbons (Fsp3) is 0.500. The monoisotopic (exact) mass is 215 g/mol. The highest BCUT2D eigenvalue weighted by Crippen LogP contribution is 2.50. The molecule has 0 heterocycles. The molecule has 2 atom stereocenters. The van der Waals surface area contributed by atoms with Crippen LogP contribution in [-0.2, 0) is 0 Å². The van der Waals surface area contributed by atoms with Gasteiger partial charge in [0.15, 0.2) is 0 Å². The van der Waals surface area contributed by atoms with Gasteiger partial charge >= 0.3 is 0 Å². The van der Waals surface area contributed by atoms with Crippen molar-refractivity contribution < 1.29 is 4.74 Å². The van der Waals surface area contributed by atoms with Gasteiger partial charge in [-0.15, -0.1) is 0 Å². The van der Waals surface area contributed by atoms with Gasteiger partial charge in [-0.25, -0.2) is 0 Å². The van der Waals surface area contributed by atoms with E-state index in [1.54, 1.807) is 7.11 Å². The summed E-state index contributed by atoms with van der Waals surface area (Å²) in [6.45, 7) is 4.36. The molecule has 84 valence electrons. The molecule has 1 aromatic rings. The lowest BCUT2D eigenvalue weighted by Crippen LogP contribution is -1.95. The molecule has 1 saturated carbocycles. The molecule has 0 aliphatic heterocycles. The van der Waals surface area contributed by atoms with E-state index in [1.165, 1.54) is 11.1 Å². The maximum absolute atomic E-state index is 8.89. The quantitative estimate of drug-likeness (QED) is 0.773. The minimum atomic E-state index is 0.191. The Morgan fingerprint density at radius 3 is 2.69 bits per heavy atom. The Kier molecular flexibility index (Phi) is 2.87. The van der Waals surface area contributed by atoms with Crippen LogP contribution in [0.15, 0.2) is 18.2 Å². The minimum Gasteiger partial charge on any atom is -0.496 e. The van der Waals surface area contributed by atoms with Gasteiger partial charge in [0.05, 0.1) is 19.1 Å². The van der Waals surface area contributed by atoms with Crippen LogP contribution in [-0.4, -0.2) is 7.11 Å². The third-order valence-corrected chi connectivity index (χ3v) is 3.28. The normalized spacial score (nSPS) is 22.9. The molecule has 1 aliphatic rings. The van der Waals surface area contributed by atoms with Crippen molar-refractivity contribution in [1.29, 1.82) is 5.26 Å². The van der Waals surface area contributed by atoms with Gasteiger partial charge in [-0.3, -0.25) is 0 Å². The molecule has 1 aliphatic carbocycles. The average Bonchev–Trinajstić information content (AvgIpc) is 3.07. The zero-order valence-electron chi connectivity index (χ0n) is 10.0. The van der Waals surface area contributed by atoms with E-state index in [-0.39, 0.29) is 5.92 Å². The number of ether oxygens (including phenoxy) is 1. The number of rotatable bonds is 3. The molecular weight excluding hydrogens is 198 g/mol. The predicted molar refractivity (Wildman–Crippen MR) is 63.5 cm³/mol. The summed E-state index contributed by atoms with van der Waals surface area (Å²) in [5.74, 6) is 2.02. The van der Waals surface area contributed by atoms with Crippen LogP contribution in [0.1, 0.15) is 43.2 Å². The van der Waals surface area contributed by atoms with Gasteiger partial charge in [0.2, 0.25) is 0 Å². The molecule has 1 aromatic carbocycles. The van der Waals surface area contributed by atoms with Crippen LogP contribution in [0.3, 0.4) is 0 Å². The molecule has 0 bridgehead atoms. The van der Waals surface area contributed by atoms with E-state index >= 15 is 0 Å². The zero-order valence-corrected chi connectivity index (χ0v) is 10.0. The van der Waals surface area contributed by atoms with Crippen LogP contribution >= 0.6 is 0 Å². The van der Waals surface area contributed by atoms with Crippen molar-refractivity contribution in [3.63, 3.8) is 0 Å². The highest BCUT2D eigenvalue weighted by Gasteiger charge is 2.40. The van der Waals surface area contributed by atoms with Crippen LogP contribution in [0.2, 0.25) is 0 Å². The molecular formula is C14H17NO. The van der Waals surface area contributed by atoms with Crippen molar-refractivity contribution in [2.24, 2.45) is 5.92 Å². The van der Waals surface area contributed by atoms with E-state index < -0.39 is 0 Å². The number of nitrogens with zero attached hydrogens (tertiary/aromatic N) is 1. The molecule has 0 radical (unpaired) electrons. The van der Waals surface area contributed by atoms with Crippen LogP contribution in [0, 0.1) is 17.2 Å². The fourth-order valence-electron chi connectivity index (χ4n) is 2.08. The van der Waals surface area contributed by atoms with Gasteiger partial charge in [0.25, 0.3) is 0 Å². The standard InChI is InChI=1S/C14H17NO/c1-9(2)10-4-5-14(16-3)13(6-10)12-7-11(12)8-15/h4-6,9,11-12H,7H2,1-3H3. The molecule has 0 aromatic heterocycles. The van der Waals surface area contributed by atoms with Crippen LogP contribution in [0.4, 0.5) is 0 Å². The van der Waals surface area contributed by atoms with Gasteiger partial charge in [0, 0.05) is 5.92 Å². The van der Waals surface area contributed by atoms with E-state index in [0.29, 0.717) is 11.8 Å². The molecule has 0 amide bonds. The van der Waals surface area contributed by atoms with Crippen molar-refractivity contribution in [3.05, 3.63) is 29.3 Å². The van der Waals surface area contributed by atoms with E-state index in [1.807, 2.05) is 6.07 Å². The highest BCUT2D eigenvalue weighted by molar-refractivity contribution is 5.44. The molecule has 2 nitrogen and oxygen atoms in total. The summed E-state index contributed by atoms with van der Waals surface area (Å²) < 4.78 is 5.36. The van der Waals surface area contributed by atoms with Crippen molar-refractivity contribution in [3.8, 4) is 11.8 Å². The Hall–Kier alpha value is -1.49. The second-order valence-corrected chi connectivity index (χ2v) is 4.73. The first-order valence-corrected chi connectivity index (χ1v) is 5.74. The summed E-state index contributed by atoms with van der Waals surface area (Å²) in [4.78, 5) is 0. The largest absolute Gasteiger partial charge is 0.496 e. The van der Waals surface area contributed by atoms with Gasteiger partial charge < -0.3 is 4.74 Å². The molecule has 1 fully saturated rings. The smallest absolute Gasteiger partial charge is 0.122 e. The lowest BCUT2D eigenvalue weighted by Gasteiger charge is -2.12. The van der Waals surface area contributed by atoms with E-state index in [4.69, 9.17) is 10.00 Å². The lowest BCUT2D eigenvalue weighted by atomic mass is 9.98. The average molecular weight is 215 g/mol. The summed E-state index contributed by atoms with van der Waals surface area (Å²) in [5.41, 5.74) is 2.53. The SMILES string of the molecule is COc1ccc(C(C)C)cc1C1CC1C#N. The Morgan fingerprint density at radius 2 is 2.19 bits per heavy atom. The molecule has 2 rings (SSSR count). The van der Waals surface area contributed by atoms with Crippen molar-refractivity contribution in [1.82, 2.24) is 0 Å². The molecule has 0 N–H and O–H groups in total. The first kappa shape index (κ1) is 11.0. The van der Waals surface area contributed by atoms with Crippen molar-refractivity contribution in [2.45, 2.75) is 32.1 Å². The first-order chi connectivity index (χ1) is 7.67. The molecule has 0 spiro atoms. The van der Waals surface area contributed by atoms with Crippen LogP contribution in [0.5, 0.6) is 5.75 Å². The number of methoxy groups -OCH3 is 1. The summed E-state index contributed by atoms with van der Waals surface area (Å²) in [5, 5.41) is 8.89. The maximum atomic E-state index is 8.89. The molecule has 16 heavy (non-hydrogen) atoms. The second-order valence-electron chi connectivity index (χ2n) is 4.73. The minimum absolute atomic E-state index is 0.191. The Labute approximate surface area is 96.9 Å². The number of hydrogen-bond donors (Lipinski definition) is 0. The zero-order chi connectivity index (χ0) is 11.7. The molecule has 0 saturated heterocycles. The van der Waals surface area contributed by atoms with E-state index in [2.05, 4.69) is 32.0 Å². The van der Waals surface area contributed by atoms with Gasteiger partial charge in [0.1, 0.15) is 5.75 Å². The maximum Gasteiger partial charge on any atom is 0.122 e.